The molecule has 0 spiro atoms. The molecule has 0 unspecified atom stereocenters. The van der Waals surface area contributed by atoms with Gasteiger partial charge in [0.25, 0.3) is 0 Å². The topological polar surface area (TPSA) is 50.2 Å². The molecule has 0 aromatic carbocycles. The number of hydrogen-bond donors (Lipinski definition) is 1. The van der Waals surface area contributed by atoms with Gasteiger partial charge in [0.1, 0.15) is 9.94 Å². The van der Waals surface area contributed by atoms with Gasteiger partial charge in [-0.1, -0.05) is 50.4 Å². The molecule has 0 aliphatic heterocycles. The monoisotopic (exact) mass is 605 g/mol. The molecule has 3 nitrogen and oxygen atoms in total. The summed E-state index contributed by atoms with van der Waals surface area (Å²) in [5, 5.41) is 13.2. The quantitative estimate of drug-likeness (QED) is 0.174. The number of thiazole rings is 1. The van der Waals surface area contributed by atoms with Crippen LogP contribution in [0.4, 0.5) is 22.0 Å². The molecule has 3 saturated carbocycles. The second-order valence-electron chi connectivity index (χ2n) is 13.1. The van der Waals surface area contributed by atoms with Crippen LogP contribution in [0, 0.1) is 34.5 Å². The van der Waals surface area contributed by atoms with Crippen LogP contribution in [0.3, 0.4) is 0 Å². The lowest BCUT2D eigenvalue weighted by Gasteiger charge is -2.62. The largest absolute Gasteiger partial charge is 0.456 e. The Morgan fingerprint density at radius 2 is 1.77 bits per heavy atom. The maximum absolute atomic E-state index is 15.0. The Labute approximate surface area is 241 Å². The minimum atomic E-state index is -5.80. The molecule has 7 atom stereocenters. The van der Waals surface area contributed by atoms with Crippen LogP contribution in [-0.4, -0.2) is 39.3 Å². The van der Waals surface area contributed by atoms with Crippen molar-refractivity contribution in [2.45, 2.75) is 113 Å². The van der Waals surface area contributed by atoms with E-state index in [1.807, 2.05) is 5.38 Å². The number of halogens is 5. The number of thioether (sulfide) groups is 1. The van der Waals surface area contributed by atoms with Crippen LogP contribution in [0.25, 0.3) is 0 Å². The smallest absolute Gasteiger partial charge is 0.383 e. The first-order valence-corrected chi connectivity index (χ1v) is 16.5. The molecule has 0 saturated heterocycles. The molecule has 4 aliphatic rings. The molecule has 1 N–H and O–H groups in total. The summed E-state index contributed by atoms with van der Waals surface area (Å²) in [6.45, 7) is 3.67. The van der Waals surface area contributed by atoms with Crippen LogP contribution in [0.1, 0.15) is 90.9 Å². The molecule has 1 aromatic rings. The summed E-state index contributed by atoms with van der Waals surface area (Å²) in [5.74, 6) is -4.23. The standard InChI is InChI=1S/C30H40F5NO2S2/c1-26-11-8-21(37)18-20(26)17-19(7-5-3-4-6-15-39-25-36-14-16-40-25)24-22(26)9-12-27(2)23(24)10-13-28(27,38)29(31,32)30(33,34)35/h14,16,18-19,22-24,38H,3-13,15,17H2,1-2H3/t19-,22+,23+,24-,26+,27+,28+/m1/s1. The summed E-state index contributed by atoms with van der Waals surface area (Å²) in [4.78, 5) is 16.7. The van der Waals surface area contributed by atoms with Crippen LogP contribution in [0.5, 0.6) is 0 Å². The zero-order chi connectivity index (χ0) is 29.0. The molecule has 4 aliphatic carbocycles. The zero-order valence-corrected chi connectivity index (χ0v) is 24.9. The number of allylic oxidation sites excluding steroid dienone is 1. The highest BCUT2D eigenvalue weighted by Gasteiger charge is 2.79. The second kappa shape index (κ2) is 10.9. The molecule has 1 heterocycles. The highest BCUT2D eigenvalue weighted by molar-refractivity contribution is 8.00. The highest BCUT2D eigenvalue weighted by atomic mass is 32.2. The predicted molar refractivity (Wildman–Crippen MR) is 147 cm³/mol. The number of carbonyl (C=O) groups excluding carboxylic acids is 1. The summed E-state index contributed by atoms with van der Waals surface area (Å²) < 4.78 is 71.8. The zero-order valence-electron chi connectivity index (χ0n) is 23.2. The average Bonchev–Trinajstić information content (AvgIpc) is 3.50. The van der Waals surface area contributed by atoms with Crippen molar-refractivity contribution < 1.29 is 31.9 Å². The Morgan fingerprint density at radius 1 is 1.05 bits per heavy atom. The summed E-state index contributed by atoms with van der Waals surface area (Å²) in [6, 6.07) is 0. The molecule has 224 valence electrons. The van der Waals surface area contributed by atoms with Gasteiger partial charge in [0, 0.05) is 29.2 Å². The Hall–Kier alpha value is -1.00. The molecule has 5 rings (SSSR count). The fourth-order valence-corrected chi connectivity index (χ4v) is 10.8. The van der Waals surface area contributed by atoms with Gasteiger partial charge >= 0.3 is 12.1 Å². The number of nitrogens with zero attached hydrogens (tertiary/aromatic N) is 1. The van der Waals surface area contributed by atoms with Gasteiger partial charge in [0.15, 0.2) is 5.78 Å². The van der Waals surface area contributed by atoms with Crippen molar-refractivity contribution in [1.82, 2.24) is 4.98 Å². The van der Waals surface area contributed by atoms with Crippen molar-refractivity contribution in [3.63, 3.8) is 0 Å². The van der Waals surface area contributed by atoms with Crippen molar-refractivity contribution in [1.29, 1.82) is 0 Å². The van der Waals surface area contributed by atoms with Crippen LogP contribution < -0.4 is 0 Å². The number of alkyl halides is 5. The normalized spacial score (nSPS) is 38.0. The first-order chi connectivity index (χ1) is 18.7. The minimum Gasteiger partial charge on any atom is -0.383 e. The van der Waals surface area contributed by atoms with E-state index in [0.717, 1.165) is 47.8 Å². The van der Waals surface area contributed by atoms with Crippen LogP contribution in [0.2, 0.25) is 0 Å². The van der Waals surface area contributed by atoms with Gasteiger partial charge in [-0.05, 0) is 86.5 Å². The van der Waals surface area contributed by atoms with Gasteiger partial charge in [0.2, 0.25) is 0 Å². The van der Waals surface area contributed by atoms with Crippen molar-refractivity contribution in [2.75, 3.05) is 5.75 Å². The molecular formula is C30H40F5NO2S2. The molecule has 10 heteroatoms. The van der Waals surface area contributed by atoms with E-state index in [4.69, 9.17) is 0 Å². The number of unbranched alkanes of at least 4 members (excludes halogenated alkanes) is 3. The summed E-state index contributed by atoms with van der Waals surface area (Å²) >= 11 is 3.39. The van der Waals surface area contributed by atoms with Gasteiger partial charge in [-0.3, -0.25) is 4.79 Å². The van der Waals surface area contributed by atoms with Gasteiger partial charge in [-0.25, -0.2) is 4.98 Å². The second-order valence-corrected chi connectivity index (χ2v) is 15.3. The summed E-state index contributed by atoms with van der Waals surface area (Å²) in [5.41, 5.74) is -3.71. The van der Waals surface area contributed by atoms with Gasteiger partial charge in [0.05, 0.1) is 0 Å². The third kappa shape index (κ3) is 4.89. The number of ketones is 1. The summed E-state index contributed by atoms with van der Waals surface area (Å²) in [7, 11) is 0. The van der Waals surface area contributed by atoms with E-state index in [0.29, 0.717) is 25.7 Å². The van der Waals surface area contributed by atoms with Gasteiger partial charge < -0.3 is 5.11 Å². The molecule has 40 heavy (non-hydrogen) atoms. The molecule has 1 aromatic heterocycles. The highest BCUT2D eigenvalue weighted by Crippen LogP contribution is 2.72. The van der Waals surface area contributed by atoms with Crippen LogP contribution in [0.15, 0.2) is 27.6 Å². The average molecular weight is 606 g/mol. The van der Waals surface area contributed by atoms with E-state index in [-0.39, 0.29) is 41.8 Å². The number of hydrogen-bond acceptors (Lipinski definition) is 5. The van der Waals surface area contributed by atoms with E-state index >= 15 is 0 Å². The van der Waals surface area contributed by atoms with E-state index in [1.54, 1.807) is 35.4 Å². The Bertz CT molecular complexity index is 1110. The first-order valence-electron chi connectivity index (χ1n) is 14.7. The molecule has 0 amide bonds. The van der Waals surface area contributed by atoms with Crippen molar-refractivity contribution in [3.05, 3.63) is 23.2 Å². The fourth-order valence-electron chi connectivity index (χ4n) is 9.07. The van der Waals surface area contributed by atoms with E-state index in [2.05, 4.69) is 11.9 Å². The van der Waals surface area contributed by atoms with E-state index in [1.165, 1.54) is 6.92 Å². The Balaban J connectivity index is 1.34. The fraction of sp³-hybridized carbons (Fsp3) is 0.800. The third-order valence-corrected chi connectivity index (χ3v) is 13.3. The molecule has 0 radical (unpaired) electrons. The first kappa shape index (κ1) is 30.5. The van der Waals surface area contributed by atoms with Gasteiger partial charge in [-0.15, -0.1) is 11.3 Å². The number of fused-ring (bicyclic) bond motifs is 5. The van der Waals surface area contributed by atoms with Gasteiger partial charge in [-0.2, -0.15) is 22.0 Å². The molecule has 3 fully saturated rings. The van der Waals surface area contributed by atoms with Crippen LogP contribution in [-0.2, 0) is 4.79 Å². The van der Waals surface area contributed by atoms with Crippen LogP contribution >= 0.6 is 23.1 Å². The van der Waals surface area contributed by atoms with Crippen molar-refractivity contribution >= 4 is 28.9 Å². The lowest BCUT2D eigenvalue weighted by Crippen LogP contribution is -2.66. The minimum absolute atomic E-state index is 0.0346. The summed E-state index contributed by atoms with van der Waals surface area (Å²) in [6.07, 6.45) is 4.93. The maximum Gasteiger partial charge on any atom is 0.456 e. The van der Waals surface area contributed by atoms with E-state index in [9.17, 15) is 31.9 Å². The van der Waals surface area contributed by atoms with E-state index < -0.39 is 35.5 Å². The lowest BCUT2D eigenvalue weighted by molar-refractivity contribution is -0.364. The predicted octanol–water partition coefficient (Wildman–Crippen LogP) is 8.87. The lowest BCUT2D eigenvalue weighted by atomic mass is 9.43. The molecular weight excluding hydrogens is 565 g/mol. The van der Waals surface area contributed by atoms with Crippen molar-refractivity contribution in [2.24, 2.45) is 34.5 Å². The van der Waals surface area contributed by atoms with Crippen molar-refractivity contribution in [3.8, 4) is 0 Å². The number of aromatic nitrogens is 1. The number of rotatable bonds is 9. The Morgan fingerprint density at radius 3 is 2.48 bits per heavy atom. The number of aliphatic hydroxyl groups is 1. The molecule has 0 bridgehead atoms. The maximum atomic E-state index is 15.0. The SMILES string of the molecule is C[C@]12CCC(=O)C=C1C[C@@H](CCCCCCSc1nccs1)[C@@H]1[C@@H]2CC[C@@]2(C)[C@H]1CC[C@@]2(O)C(F)(F)C(F)(F)F. The Kier molecular flexibility index (Phi) is 8.32. The third-order valence-electron chi connectivity index (χ3n) is 11.3. The number of carbonyl (C=O) groups is 1.